The summed E-state index contributed by atoms with van der Waals surface area (Å²) in [5.74, 6) is -0.150. The van der Waals surface area contributed by atoms with Crippen LogP contribution in [0.4, 0.5) is 0 Å². The second-order valence-electron chi connectivity index (χ2n) is 7.72. The summed E-state index contributed by atoms with van der Waals surface area (Å²) in [6.07, 6.45) is 2.01. The Morgan fingerprint density at radius 2 is 1.78 bits per heavy atom. The highest BCUT2D eigenvalue weighted by atomic mass is 15.1. The molecule has 0 amide bonds. The molecule has 0 saturated carbocycles. The van der Waals surface area contributed by atoms with Gasteiger partial charge in [0.2, 0.25) is 0 Å². The summed E-state index contributed by atoms with van der Waals surface area (Å²) in [4.78, 5) is 2.14. The van der Waals surface area contributed by atoms with Gasteiger partial charge in [-0.2, -0.15) is 15.8 Å². The first-order valence-corrected chi connectivity index (χ1v) is 9.11. The number of hydrogen-bond donors (Lipinski definition) is 1. The molecule has 0 saturated heterocycles. The van der Waals surface area contributed by atoms with E-state index in [2.05, 4.69) is 49.1 Å². The third kappa shape index (κ3) is 2.80. The van der Waals surface area contributed by atoms with Gasteiger partial charge in [0, 0.05) is 24.9 Å². The normalized spacial score (nSPS) is 24.4. The zero-order valence-electron chi connectivity index (χ0n) is 15.9. The highest BCUT2D eigenvalue weighted by Crippen LogP contribution is 2.54. The molecule has 5 heteroatoms. The van der Waals surface area contributed by atoms with Crippen LogP contribution >= 0.6 is 0 Å². The topological polar surface area (TPSA) is 101 Å². The first-order valence-electron chi connectivity index (χ1n) is 9.11. The van der Waals surface area contributed by atoms with Gasteiger partial charge in [-0.05, 0) is 29.7 Å². The molecule has 3 rings (SSSR count). The number of fused-ring (bicyclic) bond motifs is 1. The Balaban J connectivity index is 2.26. The minimum absolute atomic E-state index is 0.0833. The maximum absolute atomic E-state index is 10.0. The number of nitrogens with zero attached hydrogens (tertiary/aromatic N) is 4. The molecule has 0 spiro atoms. The lowest BCUT2D eigenvalue weighted by Crippen LogP contribution is -2.47. The molecule has 5 nitrogen and oxygen atoms in total. The van der Waals surface area contributed by atoms with E-state index < -0.39 is 11.3 Å². The van der Waals surface area contributed by atoms with E-state index >= 15 is 0 Å². The van der Waals surface area contributed by atoms with E-state index in [4.69, 9.17) is 5.73 Å². The molecule has 2 N–H and O–H groups in total. The highest BCUT2D eigenvalue weighted by Gasteiger charge is 2.54. The summed E-state index contributed by atoms with van der Waals surface area (Å²) in [6.45, 7) is 5.64. The Bertz CT molecular complexity index is 917. The Morgan fingerprint density at radius 3 is 2.30 bits per heavy atom. The number of likely N-dealkylation sites (N-methyl/N-ethyl adjacent to an activating group) is 1. The van der Waals surface area contributed by atoms with Crippen molar-refractivity contribution in [3.63, 3.8) is 0 Å². The Hall–Kier alpha value is -3.07. The molecular weight excluding hydrogens is 334 g/mol. The summed E-state index contributed by atoms with van der Waals surface area (Å²) in [6, 6.07) is 14.6. The van der Waals surface area contributed by atoms with Crippen LogP contribution in [0.1, 0.15) is 36.8 Å². The van der Waals surface area contributed by atoms with Gasteiger partial charge in [0.1, 0.15) is 6.07 Å². The van der Waals surface area contributed by atoms with E-state index in [1.54, 1.807) is 0 Å². The molecule has 1 heterocycles. The van der Waals surface area contributed by atoms with Gasteiger partial charge in [-0.15, -0.1) is 0 Å². The van der Waals surface area contributed by atoms with Gasteiger partial charge in [-0.3, -0.25) is 0 Å². The second-order valence-corrected chi connectivity index (χ2v) is 7.72. The van der Waals surface area contributed by atoms with Crippen molar-refractivity contribution in [2.75, 3.05) is 20.1 Å². The minimum Gasteiger partial charge on any atom is -0.399 e. The molecule has 27 heavy (non-hydrogen) atoms. The number of nitriles is 3. The molecule has 0 aromatic heterocycles. The largest absolute Gasteiger partial charge is 0.399 e. The van der Waals surface area contributed by atoms with Crippen LogP contribution in [0.25, 0.3) is 0 Å². The van der Waals surface area contributed by atoms with Crippen molar-refractivity contribution in [1.29, 1.82) is 15.8 Å². The fourth-order valence-electron chi connectivity index (χ4n) is 4.29. The van der Waals surface area contributed by atoms with Crippen LogP contribution < -0.4 is 5.73 Å². The average Bonchev–Trinajstić information content (AvgIpc) is 2.67. The van der Waals surface area contributed by atoms with Crippen LogP contribution in [0.3, 0.4) is 0 Å². The van der Waals surface area contributed by atoms with Gasteiger partial charge in [-0.1, -0.05) is 44.2 Å². The lowest BCUT2D eigenvalue weighted by Gasteiger charge is -2.45. The molecule has 0 fully saturated rings. The minimum atomic E-state index is -1.55. The lowest BCUT2D eigenvalue weighted by molar-refractivity contribution is 0.237. The third-order valence-electron chi connectivity index (χ3n) is 5.81. The average molecular weight is 357 g/mol. The van der Waals surface area contributed by atoms with Gasteiger partial charge >= 0.3 is 0 Å². The second kappa shape index (κ2) is 6.92. The summed E-state index contributed by atoms with van der Waals surface area (Å²) >= 11 is 0. The van der Waals surface area contributed by atoms with Gasteiger partial charge < -0.3 is 10.6 Å². The summed E-state index contributed by atoms with van der Waals surface area (Å²) < 4.78 is 0. The fourth-order valence-corrected chi connectivity index (χ4v) is 4.29. The predicted molar refractivity (Wildman–Crippen MR) is 103 cm³/mol. The molecule has 2 unspecified atom stereocenters. The van der Waals surface area contributed by atoms with Crippen LogP contribution in [0, 0.1) is 45.3 Å². The molecule has 2 atom stereocenters. The zero-order valence-corrected chi connectivity index (χ0v) is 15.9. The molecular formula is C22H23N5. The van der Waals surface area contributed by atoms with E-state index in [0.29, 0.717) is 18.0 Å². The van der Waals surface area contributed by atoms with E-state index in [1.165, 1.54) is 5.56 Å². The molecule has 1 aromatic carbocycles. The van der Waals surface area contributed by atoms with Crippen molar-refractivity contribution < 1.29 is 0 Å². The van der Waals surface area contributed by atoms with E-state index in [0.717, 1.165) is 17.7 Å². The molecule has 0 radical (unpaired) electrons. The van der Waals surface area contributed by atoms with Crippen LogP contribution in [0.5, 0.6) is 0 Å². The van der Waals surface area contributed by atoms with Gasteiger partial charge in [0.15, 0.2) is 5.41 Å². The maximum Gasteiger partial charge on any atom is 0.191 e. The number of nitrogens with two attached hydrogens (primary N) is 1. The number of benzene rings is 1. The van der Waals surface area contributed by atoms with Gasteiger partial charge in [-0.25, -0.2) is 0 Å². The van der Waals surface area contributed by atoms with Crippen molar-refractivity contribution in [1.82, 2.24) is 4.90 Å². The zero-order chi connectivity index (χ0) is 19.8. The summed E-state index contributed by atoms with van der Waals surface area (Å²) in [5, 5.41) is 29.7. The smallest absolute Gasteiger partial charge is 0.191 e. The fraction of sp³-hybridized carbons (Fsp3) is 0.409. The van der Waals surface area contributed by atoms with Crippen LogP contribution in [0.2, 0.25) is 0 Å². The maximum atomic E-state index is 10.0. The summed E-state index contributed by atoms with van der Waals surface area (Å²) in [5.41, 5.74) is 8.10. The molecule has 1 aromatic rings. The standard InChI is InChI=1S/C22H23N5/c1-14(2)15-4-6-16(7-5-15)20-19-11-27(3)9-8-17(19)18(10-23)21(26)22(20,12-24)13-25/h4-8,14,19-20H,9,11,26H2,1-3H3. The predicted octanol–water partition coefficient (Wildman–Crippen LogP) is 3.17. The van der Waals surface area contributed by atoms with E-state index in [-0.39, 0.29) is 11.6 Å². The number of rotatable bonds is 2. The van der Waals surface area contributed by atoms with Crippen LogP contribution in [0.15, 0.2) is 47.2 Å². The van der Waals surface area contributed by atoms with E-state index in [9.17, 15) is 15.8 Å². The number of hydrogen-bond acceptors (Lipinski definition) is 5. The van der Waals surface area contributed by atoms with Crippen molar-refractivity contribution in [3.05, 3.63) is 58.3 Å². The molecule has 0 bridgehead atoms. The van der Waals surface area contributed by atoms with Gasteiger partial charge in [0.05, 0.1) is 23.4 Å². The molecule has 1 aliphatic heterocycles. The Labute approximate surface area is 160 Å². The third-order valence-corrected chi connectivity index (χ3v) is 5.81. The first-order chi connectivity index (χ1) is 12.9. The van der Waals surface area contributed by atoms with Crippen molar-refractivity contribution >= 4 is 0 Å². The van der Waals surface area contributed by atoms with Gasteiger partial charge in [0.25, 0.3) is 0 Å². The van der Waals surface area contributed by atoms with Crippen molar-refractivity contribution in [3.8, 4) is 18.2 Å². The molecule has 2 aliphatic rings. The Morgan fingerprint density at radius 1 is 1.15 bits per heavy atom. The quantitative estimate of drug-likeness (QED) is 0.876. The van der Waals surface area contributed by atoms with Crippen molar-refractivity contribution in [2.45, 2.75) is 25.7 Å². The van der Waals surface area contributed by atoms with E-state index in [1.807, 2.05) is 25.3 Å². The summed E-state index contributed by atoms with van der Waals surface area (Å²) in [7, 11) is 2.00. The lowest BCUT2D eigenvalue weighted by atomic mass is 9.58. The SMILES string of the molecule is CC(C)c1ccc(C2C3CN(C)CC=C3C(C#N)=C(N)C2(C#N)C#N)cc1. The molecule has 1 aliphatic carbocycles. The van der Waals surface area contributed by atoms with Crippen molar-refractivity contribution in [2.24, 2.45) is 17.1 Å². The van der Waals surface area contributed by atoms with Crippen LogP contribution in [-0.4, -0.2) is 25.0 Å². The molecule has 136 valence electrons. The number of allylic oxidation sites excluding steroid dienone is 2. The monoisotopic (exact) mass is 357 g/mol. The van der Waals surface area contributed by atoms with Crippen LogP contribution in [-0.2, 0) is 0 Å². The highest BCUT2D eigenvalue weighted by molar-refractivity contribution is 5.59. The Kier molecular flexibility index (Phi) is 4.79. The first kappa shape index (κ1) is 18.7.